The van der Waals surface area contributed by atoms with Crippen LogP contribution in [0.15, 0.2) is 24.3 Å². The fourth-order valence-corrected chi connectivity index (χ4v) is 0.822. The van der Waals surface area contributed by atoms with E-state index in [4.69, 9.17) is 7.85 Å². The van der Waals surface area contributed by atoms with Crippen molar-refractivity contribution in [3.05, 3.63) is 27.8 Å². The third-order valence-electron chi connectivity index (χ3n) is 0.870. The van der Waals surface area contributed by atoms with Crippen LogP contribution in [0.2, 0.25) is 0 Å². The zero-order valence-corrected chi connectivity index (χ0v) is 6.42. The number of halogens is 1. The van der Waals surface area contributed by atoms with E-state index in [0.717, 1.165) is 5.46 Å². The van der Waals surface area contributed by atoms with Crippen molar-refractivity contribution in [3.8, 4) is 0 Å². The van der Waals surface area contributed by atoms with Crippen LogP contribution in [0.5, 0.6) is 0 Å². The van der Waals surface area contributed by atoms with Crippen LogP contribution in [0, 0.1) is 3.57 Å². The van der Waals surface area contributed by atoms with Gasteiger partial charge in [0.1, 0.15) is 7.85 Å². The third kappa shape index (κ3) is 1.51. The molecule has 0 atom stereocenters. The molecule has 1 aromatic carbocycles. The van der Waals surface area contributed by atoms with Crippen LogP contribution in [-0.2, 0) is 0 Å². The molecule has 1 rings (SSSR count). The molecule has 0 N–H and O–H groups in total. The van der Waals surface area contributed by atoms with Crippen LogP contribution < -0.4 is 5.46 Å². The van der Waals surface area contributed by atoms with Crippen LogP contribution in [0.4, 0.5) is 0 Å². The van der Waals surface area contributed by atoms with Gasteiger partial charge in [0, 0.05) is 3.57 Å². The number of hydrogen-bond donors (Lipinski definition) is 0. The number of hydrogen-bond acceptors (Lipinski definition) is 0. The molecule has 0 aliphatic carbocycles. The maximum Gasteiger partial charge on any atom is 0.113 e. The van der Waals surface area contributed by atoms with Gasteiger partial charge in [-0.1, -0.05) is 17.6 Å². The molecule has 0 fully saturated rings. The summed E-state index contributed by atoms with van der Waals surface area (Å²) >= 11 is 2.24. The summed E-state index contributed by atoms with van der Waals surface area (Å²) in [6.07, 6.45) is 0. The van der Waals surface area contributed by atoms with Gasteiger partial charge in [-0.15, -0.1) is 0 Å². The molecule has 0 bridgehead atoms. The summed E-state index contributed by atoms with van der Waals surface area (Å²) in [4.78, 5) is 0. The highest BCUT2D eigenvalue weighted by Crippen LogP contribution is 1.98. The lowest BCUT2D eigenvalue weighted by Gasteiger charge is -1.88. The van der Waals surface area contributed by atoms with E-state index < -0.39 is 0 Å². The SMILES string of the molecule is [B]c1ccc(I)cc1. The Hall–Kier alpha value is 0.0149. The lowest BCUT2D eigenvalue weighted by atomic mass is 9.97. The van der Waals surface area contributed by atoms with Crippen LogP contribution in [0.3, 0.4) is 0 Å². The molecule has 0 nitrogen and oxygen atoms in total. The van der Waals surface area contributed by atoms with Crippen molar-refractivity contribution in [2.24, 2.45) is 0 Å². The van der Waals surface area contributed by atoms with Gasteiger partial charge >= 0.3 is 0 Å². The van der Waals surface area contributed by atoms with E-state index in [-0.39, 0.29) is 0 Å². The van der Waals surface area contributed by atoms with Gasteiger partial charge in [-0.05, 0) is 34.7 Å². The van der Waals surface area contributed by atoms with Gasteiger partial charge in [0.25, 0.3) is 0 Å². The van der Waals surface area contributed by atoms with Crippen LogP contribution in [-0.4, -0.2) is 7.85 Å². The molecule has 2 heteroatoms. The van der Waals surface area contributed by atoms with Crippen LogP contribution in [0.1, 0.15) is 0 Å². The smallest absolute Gasteiger partial charge is 0.0966 e. The average Bonchev–Trinajstić information content (AvgIpc) is 1.77. The molecule has 0 aromatic heterocycles. The van der Waals surface area contributed by atoms with Crippen molar-refractivity contribution in [1.82, 2.24) is 0 Å². The predicted octanol–water partition coefficient (Wildman–Crippen LogP) is 1.08. The van der Waals surface area contributed by atoms with Crippen molar-refractivity contribution in [2.75, 3.05) is 0 Å². The molecule has 38 valence electrons. The van der Waals surface area contributed by atoms with Crippen LogP contribution in [0.25, 0.3) is 0 Å². The Morgan fingerprint density at radius 1 is 1.12 bits per heavy atom. The summed E-state index contributed by atoms with van der Waals surface area (Å²) in [7, 11) is 5.42. The lowest BCUT2D eigenvalue weighted by Crippen LogP contribution is -1.98. The zero-order valence-electron chi connectivity index (χ0n) is 4.26. The molecule has 0 aliphatic heterocycles. The molecule has 0 saturated carbocycles. The van der Waals surface area contributed by atoms with E-state index in [1.165, 1.54) is 3.57 Å². The second-order valence-corrected chi connectivity index (χ2v) is 2.80. The fourth-order valence-electron chi connectivity index (χ4n) is 0.463. The van der Waals surface area contributed by atoms with Gasteiger partial charge < -0.3 is 0 Å². The fraction of sp³-hybridized carbons (Fsp3) is 0. The van der Waals surface area contributed by atoms with Crippen molar-refractivity contribution >= 4 is 35.9 Å². The second-order valence-electron chi connectivity index (χ2n) is 1.55. The lowest BCUT2D eigenvalue weighted by molar-refractivity contribution is 1.69. The van der Waals surface area contributed by atoms with Gasteiger partial charge in [0.2, 0.25) is 0 Å². The van der Waals surface area contributed by atoms with E-state index in [1.807, 2.05) is 24.3 Å². The first-order valence-electron chi connectivity index (χ1n) is 2.30. The molecular weight excluding hydrogens is 210 g/mol. The molecular formula is C6H4BI. The highest BCUT2D eigenvalue weighted by molar-refractivity contribution is 14.1. The predicted molar refractivity (Wildman–Crippen MR) is 44.5 cm³/mol. The first-order valence-corrected chi connectivity index (χ1v) is 3.38. The molecule has 2 radical (unpaired) electrons. The first kappa shape index (κ1) is 6.14. The minimum Gasteiger partial charge on any atom is -0.0966 e. The van der Waals surface area contributed by atoms with E-state index in [2.05, 4.69) is 22.6 Å². The Balaban J connectivity index is 3.03. The van der Waals surface area contributed by atoms with E-state index in [0.29, 0.717) is 0 Å². The Morgan fingerprint density at radius 3 is 2.00 bits per heavy atom. The molecule has 0 aliphatic rings. The Bertz CT molecular complexity index is 147. The molecule has 8 heavy (non-hydrogen) atoms. The molecule has 1 aromatic rings. The Morgan fingerprint density at radius 2 is 1.62 bits per heavy atom. The highest BCUT2D eigenvalue weighted by atomic mass is 127. The van der Waals surface area contributed by atoms with Crippen molar-refractivity contribution in [2.45, 2.75) is 0 Å². The maximum atomic E-state index is 5.42. The Kier molecular flexibility index (Phi) is 1.94. The second kappa shape index (κ2) is 2.53. The summed E-state index contributed by atoms with van der Waals surface area (Å²) < 4.78 is 1.22. The van der Waals surface area contributed by atoms with Crippen molar-refractivity contribution in [3.63, 3.8) is 0 Å². The summed E-state index contributed by atoms with van der Waals surface area (Å²) in [5, 5.41) is 0. The third-order valence-corrected chi connectivity index (χ3v) is 1.59. The quantitative estimate of drug-likeness (QED) is 0.447. The minimum atomic E-state index is 0.824. The van der Waals surface area contributed by atoms with Gasteiger partial charge in [-0.2, -0.15) is 0 Å². The largest absolute Gasteiger partial charge is 0.113 e. The summed E-state index contributed by atoms with van der Waals surface area (Å²) in [6.45, 7) is 0. The van der Waals surface area contributed by atoms with Crippen molar-refractivity contribution in [1.29, 1.82) is 0 Å². The minimum absolute atomic E-state index is 0.824. The van der Waals surface area contributed by atoms with Gasteiger partial charge in [-0.25, -0.2) is 0 Å². The number of benzene rings is 1. The zero-order chi connectivity index (χ0) is 5.98. The summed E-state index contributed by atoms with van der Waals surface area (Å²) in [5.41, 5.74) is 0.824. The monoisotopic (exact) mass is 214 g/mol. The maximum absolute atomic E-state index is 5.42. The standard InChI is InChI=1S/C6H4BI/c7-5-1-3-6(8)4-2-5/h1-4H. The van der Waals surface area contributed by atoms with Crippen LogP contribution >= 0.6 is 22.6 Å². The van der Waals surface area contributed by atoms with E-state index in [9.17, 15) is 0 Å². The Labute approximate surface area is 63.8 Å². The topological polar surface area (TPSA) is 0 Å². The molecule has 0 spiro atoms. The molecule has 0 heterocycles. The van der Waals surface area contributed by atoms with Gasteiger partial charge in [-0.3, -0.25) is 0 Å². The van der Waals surface area contributed by atoms with Gasteiger partial charge in [0.05, 0.1) is 0 Å². The summed E-state index contributed by atoms with van der Waals surface area (Å²) in [6, 6.07) is 7.75. The molecule has 0 amide bonds. The molecule has 0 unspecified atom stereocenters. The highest BCUT2D eigenvalue weighted by Gasteiger charge is 1.81. The number of rotatable bonds is 0. The van der Waals surface area contributed by atoms with Gasteiger partial charge in [0.15, 0.2) is 0 Å². The summed E-state index contributed by atoms with van der Waals surface area (Å²) in [5.74, 6) is 0. The van der Waals surface area contributed by atoms with Crippen molar-refractivity contribution < 1.29 is 0 Å². The first-order chi connectivity index (χ1) is 3.79. The van der Waals surface area contributed by atoms with E-state index in [1.54, 1.807) is 0 Å². The van der Waals surface area contributed by atoms with E-state index >= 15 is 0 Å². The normalized spacial score (nSPS) is 9.12. The molecule has 0 saturated heterocycles. The average molecular weight is 214 g/mol.